The van der Waals surface area contributed by atoms with E-state index in [0.717, 1.165) is 16.4 Å². The van der Waals surface area contributed by atoms with Gasteiger partial charge < -0.3 is 14.2 Å². The Balaban J connectivity index is 1.72. The molecule has 1 aliphatic heterocycles. The summed E-state index contributed by atoms with van der Waals surface area (Å²) in [6.07, 6.45) is -10.6. The minimum Gasteiger partial charge on any atom is -0.443 e. The number of alkyl halides is 6. The molecule has 18 heteroatoms. The molecule has 1 saturated heterocycles. The van der Waals surface area contributed by atoms with Gasteiger partial charge in [0.15, 0.2) is 11.5 Å². The van der Waals surface area contributed by atoms with Crippen molar-refractivity contribution in [2.24, 2.45) is 0 Å². The highest BCUT2D eigenvalue weighted by molar-refractivity contribution is 7.87. The molecule has 1 amide bonds. The van der Waals surface area contributed by atoms with E-state index in [-0.39, 0.29) is 37.6 Å². The molecule has 11 nitrogen and oxygen atoms in total. The molecule has 1 aromatic heterocycles. The summed E-state index contributed by atoms with van der Waals surface area (Å²) in [6.45, 7) is 9.22. The third kappa shape index (κ3) is 8.95. The lowest BCUT2D eigenvalue weighted by Crippen LogP contribution is -2.47. The maximum absolute atomic E-state index is 13.4. The van der Waals surface area contributed by atoms with E-state index in [0.29, 0.717) is 11.0 Å². The highest BCUT2D eigenvalue weighted by Gasteiger charge is 2.37. The number of carbonyl (C=O) groups excluding carboxylic acids is 1. The minimum absolute atomic E-state index is 0.0171. The minimum atomic E-state index is -4.97. The molecular weight excluding hydrogens is 586 g/mol. The monoisotopic (exact) mass is 612 g/mol. The number of benzene rings is 1. The van der Waals surface area contributed by atoms with E-state index < -0.39 is 70.2 Å². The first kappa shape index (κ1) is 31.9. The number of hydrogen-bond donors (Lipinski definition) is 1. The predicted octanol–water partition coefficient (Wildman–Crippen LogP) is 5.16. The Hall–Kier alpha value is -3.59. The number of piperidine rings is 1. The second-order valence-corrected chi connectivity index (χ2v) is 11.8. The summed E-state index contributed by atoms with van der Waals surface area (Å²) in [5.74, 6) is -0.688. The molecule has 2 heterocycles. The molecule has 1 N–H and O–H groups in total. The number of aromatic nitrogens is 2. The quantitative estimate of drug-likeness (QED) is 0.336. The Bertz CT molecular complexity index is 1390. The smallest absolute Gasteiger partial charge is 0.422 e. The Labute approximate surface area is 231 Å². The van der Waals surface area contributed by atoms with Crippen LogP contribution in [0.3, 0.4) is 0 Å². The number of carbonyl (C=O) groups is 1. The van der Waals surface area contributed by atoms with Crippen LogP contribution in [0.15, 0.2) is 22.7 Å². The molecule has 1 aromatic carbocycles. The van der Waals surface area contributed by atoms with Crippen molar-refractivity contribution in [3.05, 3.63) is 46.9 Å². The first-order chi connectivity index (χ1) is 18.8. The lowest BCUT2D eigenvalue weighted by atomic mass is 9.98. The SMILES string of the molecule is [C-]#[N+]c1ccc(N(Cc2noc(C3CCN(S(=O)(=O)NC(=O)OC(C)(C)C)CC3)n2)CC(F)(F)F)cc1C(F)(F)F. The van der Waals surface area contributed by atoms with Crippen LogP contribution in [0.4, 0.5) is 42.5 Å². The van der Waals surface area contributed by atoms with Gasteiger partial charge in [-0.1, -0.05) is 11.2 Å². The molecule has 0 atom stereocenters. The normalized spacial score (nSPS) is 15.8. The summed E-state index contributed by atoms with van der Waals surface area (Å²) in [6, 6.07) is 2.22. The average Bonchev–Trinajstić information content (AvgIpc) is 3.29. The van der Waals surface area contributed by atoms with Crippen molar-refractivity contribution in [3.63, 3.8) is 0 Å². The number of ether oxygens (including phenoxy) is 1. The fraction of sp³-hybridized carbons (Fsp3) is 0.565. The number of amides is 1. The van der Waals surface area contributed by atoms with E-state index in [4.69, 9.17) is 15.8 Å². The van der Waals surface area contributed by atoms with Gasteiger partial charge in [-0.3, -0.25) is 0 Å². The fourth-order valence-corrected chi connectivity index (χ4v) is 5.05. The Kier molecular flexibility index (Phi) is 9.13. The lowest BCUT2D eigenvalue weighted by molar-refractivity contribution is -0.136. The van der Waals surface area contributed by atoms with Crippen molar-refractivity contribution in [2.75, 3.05) is 24.5 Å². The molecule has 0 saturated carbocycles. The number of nitrogens with one attached hydrogen (secondary N) is 1. The largest absolute Gasteiger partial charge is 0.443 e. The molecule has 1 fully saturated rings. The molecule has 226 valence electrons. The second kappa shape index (κ2) is 11.7. The number of rotatable bonds is 7. The summed E-state index contributed by atoms with van der Waals surface area (Å²) >= 11 is 0. The van der Waals surface area contributed by atoms with Crippen molar-refractivity contribution in [1.29, 1.82) is 0 Å². The van der Waals surface area contributed by atoms with Gasteiger partial charge in [0.1, 0.15) is 12.1 Å². The summed E-state index contributed by atoms with van der Waals surface area (Å²) in [7, 11) is -4.21. The van der Waals surface area contributed by atoms with Gasteiger partial charge >= 0.3 is 28.7 Å². The standard InChI is InChI=1S/C23H26F6N6O5S/c1-21(2,3)39-20(36)33-41(37,38)35-9-7-14(8-10-35)19-31-18(32-40-19)12-34(13-22(24,25)26)15-5-6-17(30-4)16(11-15)23(27,28)29/h5-6,11,14H,7-10,12-13H2,1-3H3,(H,33,36). The first-order valence-corrected chi connectivity index (χ1v) is 13.4. The van der Waals surface area contributed by atoms with Gasteiger partial charge in [0, 0.05) is 24.7 Å². The zero-order chi connectivity index (χ0) is 30.8. The highest BCUT2D eigenvalue weighted by Crippen LogP contribution is 2.39. The van der Waals surface area contributed by atoms with Crippen LogP contribution in [0.25, 0.3) is 4.85 Å². The first-order valence-electron chi connectivity index (χ1n) is 12.0. The van der Waals surface area contributed by atoms with Gasteiger partial charge in [-0.05, 0) is 45.7 Å². The van der Waals surface area contributed by atoms with E-state index in [1.54, 1.807) is 20.8 Å². The van der Waals surface area contributed by atoms with E-state index in [1.807, 2.05) is 4.72 Å². The molecule has 0 radical (unpaired) electrons. The third-order valence-electron chi connectivity index (χ3n) is 5.71. The summed E-state index contributed by atoms with van der Waals surface area (Å²) in [5, 5.41) is 3.66. The van der Waals surface area contributed by atoms with Crippen molar-refractivity contribution in [1.82, 2.24) is 19.2 Å². The molecule has 1 aliphatic rings. The van der Waals surface area contributed by atoms with Gasteiger partial charge in [-0.15, -0.1) is 0 Å². The predicted molar refractivity (Wildman–Crippen MR) is 131 cm³/mol. The molecule has 0 unspecified atom stereocenters. The Morgan fingerprint density at radius 3 is 2.37 bits per heavy atom. The zero-order valence-electron chi connectivity index (χ0n) is 22.0. The fourth-order valence-electron chi connectivity index (χ4n) is 3.98. The van der Waals surface area contributed by atoms with E-state index in [2.05, 4.69) is 15.0 Å². The number of halogens is 6. The topological polar surface area (TPSA) is 122 Å². The van der Waals surface area contributed by atoms with Crippen LogP contribution in [0.1, 0.15) is 56.8 Å². The van der Waals surface area contributed by atoms with Crippen molar-refractivity contribution >= 4 is 27.7 Å². The van der Waals surface area contributed by atoms with Crippen LogP contribution in [0.2, 0.25) is 0 Å². The van der Waals surface area contributed by atoms with Crippen LogP contribution in [0.5, 0.6) is 0 Å². The third-order valence-corrected chi connectivity index (χ3v) is 7.18. The molecular formula is C23H26F6N6O5S. The highest BCUT2D eigenvalue weighted by atomic mass is 32.2. The van der Waals surface area contributed by atoms with Crippen LogP contribution in [-0.2, 0) is 27.7 Å². The van der Waals surface area contributed by atoms with Crippen molar-refractivity contribution in [2.45, 2.75) is 64.0 Å². The Morgan fingerprint density at radius 2 is 1.83 bits per heavy atom. The molecule has 0 aliphatic carbocycles. The van der Waals surface area contributed by atoms with Crippen LogP contribution in [0, 0.1) is 6.57 Å². The molecule has 3 rings (SSSR count). The number of anilines is 1. The number of nitrogens with zero attached hydrogens (tertiary/aromatic N) is 5. The van der Waals surface area contributed by atoms with Crippen molar-refractivity contribution in [3.8, 4) is 0 Å². The van der Waals surface area contributed by atoms with Gasteiger partial charge in [0.05, 0.1) is 18.7 Å². The molecule has 41 heavy (non-hydrogen) atoms. The van der Waals surface area contributed by atoms with E-state index in [1.165, 1.54) is 0 Å². The summed E-state index contributed by atoms with van der Waals surface area (Å²) in [5.41, 5.74) is -3.51. The molecule has 0 spiro atoms. The Morgan fingerprint density at radius 1 is 1.20 bits per heavy atom. The van der Waals surface area contributed by atoms with Crippen LogP contribution >= 0.6 is 0 Å². The van der Waals surface area contributed by atoms with Crippen molar-refractivity contribution < 1.29 is 48.8 Å². The van der Waals surface area contributed by atoms with Gasteiger partial charge in [-0.25, -0.2) is 14.4 Å². The molecule has 2 aromatic rings. The van der Waals surface area contributed by atoms with Crippen LogP contribution < -0.4 is 9.62 Å². The van der Waals surface area contributed by atoms with E-state index in [9.17, 15) is 39.6 Å². The van der Waals surface area contributed by atoms with Gasteiger partial charge in [0.2, 0.25) is 5.89 Å². The average molecular weight is 613 g/mol. The molecule has 0 bridgehead atoms. The summed E-state index contributed by atoms with van der Waals surface area (Å²) < 4.78 is 118. The second-order valence-electron chi connectivity index (χ2n) is 10.1. The lowest BCUT2D eigenvalue weighted by Gasteiger charge is -2.29. The maximum Gasteiger partial charge on any atom is 0.422 e. The van der Waals surface area contributed by atoms with Gasteiger partial charge in [-0.2, -0.15) is 44.0 Å². The van der Waals surface area contributed by atoms with E-state index >= 15 is 0 Å². The number of hydrogen-bond acceptors (Lipinski definition) is 8. The van der Waals surface area contributed by atoms with Crippen LogP contribution in [-0.4, -0.2) is 60.4 Å². The maximum atomic E-state index is 13.4. The summed E-state index contributed by atoms with van der Waals surface area (Å²) in [4.78, 5) is 19.3. The van der Waals surface area contributed by atoms with Gasteiger partial charge in [0.25, 0.3) is 0 Å². The zero-order valence-corrected chi connectivity index (χ0v) is 22.8.